The molecule has 1 aliphatic heterocycles. The quantitative estimate of drug-likeness (QED) is 0.655. The maximum Gasteiger partial charge on any atom is 0.124 e. The molecule has 0 amide bonds. The predicted octanol–water partition coefficient (Wildman–Crippen LogP) is 0.437. The fraction of sp³-hybridized carbons (Fsp3) is 0.727. The molecule has 0 aromatic carbocycles. The van der Waals surface area contributed by atoms with Gasteiger partial charge in [0.2, 0.25) is 0 Å². The molecule has 1 unspecified atom stereocenters. The number of likely N-dealkylation sites (N-methyl/N-ethyl adjacent to an activating group) is 1. The minimum atomic E-state index is 0.480. The van der Waals surface area contributed by atoms with E-state index in [1.165, 1.54) is 0 Å². The number of nitrogens with one attached hydrogen (secondary N) is 3. The molecule has 5 heteroatoms. The van der Waals surface area contributed by atoms with Gasteiger partial charge in [0.1, 0.15) is 5.82 Å². The summed E-state index contributed by atoms with van der Waals surface area (Å²) in [4.78, 5) is 0. The van der Waals surface area contributed by atoms with Gasteiger partial charge in [-0.3, -0.25) is 0 Å². The molecule has 0 spiro atoms. The highest BCUT2D eigenvalue weighted by molar-refractivity contribution is 5.35. The molecule has 16 heavy (non-hydrogen) atoms. The van der Waals surface area contributed by atoms with Crippen LogP contribution < -0.4 is 16.0 Å². The second kappa shape index (κ2) is 5.32. The van der Waals surface area contributed by atoms with Gasteiger partial charge in [-0.1, -0.05) is 6.92 Å². The van der Waals surface area contributed by atoms with Crippen LogP contribution in [0.3, 0.4) is 0 Å². The van der Waals surface area contributed by atoms with E-state index in [4.69, 9.17) is 0 Å². The lowest BCUT2D eigenvalue weighted by Gasteiger charge is -2.29. The molecule has 1 aromatic rings. The normalized spacial score (nSPS) is 18.1. The zero-order valence-electron chi connectivity index (χ0n) is 10.0. The van der Waals surface area contributed by atoms with Crippen molar-refractivity contribution in [2.75, 3.05) is 31.5 Å². The van der Waals surface area contributed by atoms with Crippen LogP contribution in [0.4, 0.5) is 5.82 Å². The van der Waals surface area contributed by atoms with Crippen molar-refractivity contribution in [3.8, 4) is 0 Å². The van der Waals surface area contributed by atoms with Gasteiger partial charge in [0.05, 0.1) is 12.2 Å². The van der Waals surface area contributed by atoms with Crippen LogP contribution in [0.15, 0.2) is 12.3 Å². The highest BCUT2D eigenvalue weighted by Crippen LogP contribution is 2.17. The van der Waals surface area contributed by atoms with Crippen LogP contribution in [0.5, 0.6) is 0 Å². The molecule has 1 fully saturated rings. The molecule has 1 atom stereocenters. The van der Waals surface area contributed by atoms with Gasteiger partial charge < -0.3 is 16.0 Å². The summed E-state index contributed by atoms with van der Waals surface area (Å²) in [5.41, 5.74) is 0. The fourth-order valence-electron chi connectivity index (χ4n) is 1.87. The molecular weight excluding hydrogens is 202 g/mol. The minimum absolute atomic E-state index is 0.480. The number of rotatable bonds is 6. The van der Waals surface area contributed by atoms with E-state index in [2.05, 4.69) is 39.6 Å². The zero-order chi connectivity index (χ0) is 11.4. The van der Waals surface area contributed by atoms with E-state index in [1.807, 2.05) is 12.3 Å². The Kier molecular flexibility index (Phi) is 3.79. The average molecular weight is 223 g/mol. The van der Waals surface area contributed by atoms with Crippen molar-refractivity contribution in [1.29, 1.82) is 0 Å². The fourth-order valence-corrected chi connectivity index (χ4v) is 1.87. The molecule has 90 valence electrons. The van der Waals surface area contributed by atoms with E-state index in [9.17, 15) is 0 Å². The first-order valence-corrected chi connectivity index (χ1v) is 6.02. The first kappa shape index (κ1) is 11.4. The standard InChI is InChI=1S/C11H21N5/c1-3-13-9(2)6-14-11-4-5-15-16(11)10-7-12-8-10/h4-5,9-10,12-14H,3,6-8H2,1-2H3. The van der Waals surface area contributed by atoms with Crippen molar-refractivity contribution in [3.63, 3.8) is 0 Å². The Morgan fingerprint density at radius 2 is 2.44 bits per heavy atom. The topological polar surface area (TPSA) is 53.9 Å². The number of aromatic nitrogens is 2. The van der Waals surface area contributed by atoms with Crippen LogP contribution in [0, 0.1) is 0 Å². The van der Waals surface area contributed by atoms with Crippen LogP contribution in [0.1, 0.15) is 19.9 Å². The van der Waals surface area contributed by atoms with Gasteiger partial charge in [-0.15, -0.1) is 0 Å². The van der Waals surface area contributed by atoms with E-state index in [0.29, 0.717) is 12.1 Å². The number of anilines is 1. The Labute approximate surface area is 96.6 Å². The molecule has 0 bridgehead atoms. The Hall–Kier alpha value is -1.07. The van der Waals surface area contributed by atoms with Gasteiger partial charge in [0.15, 0.2) is 0 Å². The molecule has 0 aliphatic carbocycles. The molecule has 2 heterocycles. The SMILES string of the molecule is CCNC(C)CNc1ccnn1C1CNC1. The number of hydrogen-bond donors (Lipinski definition) is 3. The summed E-state index contributed by atoms with van der Waals surface area (Å²) in [6, 6.07) is 3.04. The maximum atomic E-state index is 4.36. The van der Waals surface area contributed by atoms with E-state index in [-0.39, 0.29) is 0 Å². The van der Waals surface area contributed by atoms with Gasteiger partial charge >= 0.3 is 0 Å². The maximum absolute atomic E-state index is 4.36. The summed E-state index contributed by atoms with van der Waals surface area (Å²) in [5, 5.41) is 14.4. The first-order valence-electron chi connectivity index (χ1n) is 6.02. The molecule has 5 nitrogen and oxygen atoms in total. The van der Waals surface area contributed by atoms with E-state index in [1.54, 1.807) is 0 Å². The van der Waals surface area contributed by atoms with Crippen molar-refractivity contribution < 1.29 is 0 Å². The Morgan fingerprint density at radius 1 is 1.62 bits per heavy atom. The summed E-state index contributed by atoms with van der Waals surface area (Å²) in [5.74, 6) is 1.12. The second-order valence-electron chi connectivity index (χ2n) is 4.31. The summed E-state index contributed by atoms with van der Waals surface area (Å²) >= 11 is 0. The van der Waals surface area contributed by atoms with Crippen LogP contribution in [0.2, 0.25) is 0 Å². The molecular formula is C11H21N5. The summed E-state index contributed by atoms with van der Waals surface area (Å²) < 4.78 is 2.08. The van der Waals surface area contributed by atoms with E-state index < -0.39 is 0 Å². The van der Waals surface area contributed by atoms with Gasteiger partial charge in [0, 0.05) is 31.7 Å². The molecule has 1 aliphatic rings. The minimum Gasteiger partial charge on any atom is -0.369 e. The first-order chi connectivity index (χ1) is 7.81. The van der Waals surface area contributed by atoms with Gasteiger partial charge in [-0.2, -0.15) is 5.10 Å². The molecule has 0 saturated carbocycles. The van der Waals surface area contributed by atoms with E-state index >= 15 is 0 Å². The monoisotopic (exact) mass is 223 g/mol. The largest absolute Gasteiger partial charge is 0.369 e. The number of nitrogens with zero attached hydrogens (tertiary/aromatic N) is 2. The van der Waals surface area contributed by atoms with Crippen LogP contribution in [-0.4, -0.2) is 42.0 Å². The lowest BCUT2D eigenvalue weighted by Crippen LogP contribution is -2.44. The van der Waals surface area contributed by atoms with Gasteiger partial charge in [-0.05, 0) is 13.5 Å². The third kappa shape index (κ3) is 2.54. The summed E-state index contributed by atoms with van der Waals surface area (Å²) in [6.07, 6.45) is 1.86. The predicted molar refractivity (Wildman–Crippen MR) is 65.8 cm³/mol. The van der Waals surface area contributed by atoms with Crippen LogP contribution in [-0.2, 0) is 0 Å². The van der Waals surface area contributed by atoms with Crippen LogP contribution >= 0.6 is 0 Å². The Bertz CT molecular complexity index is 318. The lowest BCUT2D eigenvalue weighted by molar-refractivity contribution is 0.321. The third-order valence-corrected chi connectivity index (χ3v) is 2.92. The highest BCUT2D eigenvalue weighted by Gasteiger charge is 2.21. The second-order valence-corrected chi connectivity index (χ2v) is 4.31. The average Bonchev–Trinajstić information content (AvgIpc) is 2.61. The summed E-state index contributed by atoms with van der Waals surface area (Å²) in [6.45, 7) is 8.30. The van der Waals surface area contributed by atoms with Crippen molar-refractivity contribution in [2.45, 2.75) is 25.9 Å². The van der Waals surface area contributed by atoms with Crippen molar-refractivity contribution >= 4 is 5.82 Å². The molecule has 1 saturated heterocycles. The van der Waals surface area contributed by atoms with Crippen molar-refractivity contribution in [1.82, 2.24) is 20.4 Å². The number of hydrogen-bond acceptors (Lipinski definition) is 4. The molecule has 1 aromatic heterocycles. The van der Waals surface area contributed by atoms with Crippen LogP contribution in [0.25, 0.3) is 0 Å². The highest BCUT2D eigenvalue weighted by atomic mass is 15.4. The Morgan fingerprint density at radius 3 is 3.06 bits per heavy atom. The smallest absolute Gasteiger partial charge is 0.124 e. The van der Waals surface area contributed by atoms with Crippen molar-refractivity contribution in [3.05, 3.63) is 12.3 Å². The third-order valence-electron chi connectivity index (χ3n) is 2.92. The lowest BCUT2D eigenvalue weighted by atomic mass is 10.2. The summed E-state index contributed by atoms with van der Waals surface area (Å²) in [7, 11) is 0. The van der Waals surface area contributed by atoms with Gasteiger partial charge in [-0.25, -0.2) is 4.68 Å². The molecule has 3 N–H and O–H groups in total. The van der Waals surface area contributed by atoms with E-state index in [0.717, 1.165) is 32.0 Å². The molecule has 2 rings (SSSR count). The zero-order valence-corrected chi connectivity index (χ0v) is 10.0. The van der Waals surface area contributed by atoms with Gasteiger partial charge in [0.25, 0.3) is 0 Å². The molecule has 0 radical (unpaired) electrons. The van der Waals surface area contributed by atoms with Crippen molar-refractivity contribution in [2.24, 2.45) is 0 Å². The Balaban J connectivity index is 1.86.